The lowest BCUT2D eigenvalue weighted by atomic mass is 10.1. The number of rotatable bonds is 6. The molecule has 28 heavy (non-hydrogen) atoms. The Morgan fingerprint density at radius 2 is 1.89 bits per heavy atom. The van der Waals surface area contributed by atoms with Crippen molar-refractivity contribution in [1.29, 1.82) is 0 Å². The van der Waals surface area contributed by atoms with Crippen molar-refractivity contribution in [3.05, 3.63) is 60.2 Å². The first-order chi connectivity index (χ1) is 13.5. The van der Waals surface area contributed by atoms with Crippen molar-refractivity contribution in [3.63, 3.8) is 0 Å². The number of halogens is 1. The van der Waals surface area contributed by atoms with Crippen molar-refractivity contribution in [2.75, 3.05) is 13.1 Å². The van der Waals surface area contributed by atoms with Crippen LogP contribution in [0.5, 0.6) is 0 Å². The minimum Gasteiger partial charge on any atom is -0.461 e. The highest BCUT2D eigenvalue weighted by Gasteiger charge is 2.25. The molecule has 4 rings (SSSR count). The van der Waals surface area contributed by atoms with Gasteiger partial charge in [-0.1, -0.05) is 5.16 Å². The molecule has 1 aromatic carbocycles. The molecular weight excluding hydrogens is 385 g/mol. The summed E-state index contributed by atoms with van der Waals surface area (Å²) in [6, 6.07) is 10.1. The van der Waals surface area contributed by atoms with Crippen LogP contribution in [0.25, 0.3) is 11.5 Å². The summed E-state index contributed by atoms with van der Waals surface area (Å²) in [6.45, 7) is 2.10. The first kappa shape index (κ1) is 18.9. The number of piperidine rings is 1. The molecule has 1 aliphatic heterocycles. The van der Waals surface area contributed by atoms with E-state index in [0.717, 1.165) is 30.9 Å². The van der Waals surface area contributed by atoms with Gasteiger partial charge in [0.2, 0.25) is 15.8 Å². The predicted molar refractivity (Wildman–Crippen MR) is 99.2 cm³/mol. The number of hydrogen-bond donors (Lipinski definition) is 1. The van der Waals surface area contributed by atoms with Crippen molar-refractivity contribution in [3.8, 4) is 11.5 Å². The number of nitrogens with one attached hydrogen (secondary N) is 1. The number of benzene rings is 1. The van der Waals surface area contributed by atoms with Crippen LogP contribution in [-0.4, -0.2) is 37.6 Å². The summed E-state index contributed by atoms with van der Waals surface area (Å²) in [5.41, 5.74) is 0.803. The van der Waals surface area contributed by atoms with Gasteiger partial charge in [-0.25, -0.2) is 17.5 Å². The highest BCUT2D eigenvalue weighted by Crippen LogP contribution is 2.22. The van der Waals surface area contributed by atoms with Gasteiger partial charge in [-0.3, -0.25) is 4.90 Å². The van der Waals surface area contributed by atoms with Crippen molar-refractivity contribution >= 4 is 10.0 Å². The SMILES string of the molecule is O=S(=O)(NC1CCN(Cc2cc(-c3ccco3)on2)CC1)c1ccc(F)cc1. The van der Waals surface area contributed by atoms with Gasteiger partial charge in [-0.05, 0) is 49.2 Å². The summed E-state index contributed by atoms with van der Waals surface area (Å²) < 4.78 is 51.2. The van der Waals surface area contributed by atoms with Crippen molar-refractivity contribution in [1.82, 2.24) is 14.8 Å². The third-order valence-electron chi connectivity index (χ3n) is 4.74. The van der Waals surface area contributed by atoms with E-state index in [1.54, 1.807) is 12.3 Å². The van der Waals surface area contributed by atoms with E-state index >= 15 is 0 Å². The summed E-state index contributed by atoms with van der Waals surface area (Å²) in [6.07, 6.45) is 2.95. The van der Waals surface area contributed by atoms with Crippen LogP contribution in [0.4, 0.5) is 4.39 Å². The largest absolute Gasteiger partial charge is 0.461 e. The first-order valence-corrected chi connectivity index (χ1v) is 10.5. The Morgan fingerprint density at radius 1 is 1.14 bits per heavy atom. The Hall–Kier alpha value is -2.49. The monoisotopic (exact) mass is 405 g/mol. The molecule has 2 aromatic heterocycles. The van der Waals surface area contributed by atoms with Gasteiger partial charge < -0.3 is 8.94 Å². The molecule has 0 unspecified atom stereocenters. The van der Waals surface area contributed by atoms with Gasteiger partial charge in [0.1, 0.15) is 5.82 Å². The third kappa shape index (κ3) is 4.32. The van der Waals surface area contributed by atoms with Gasteiger partial charge in [0, 0.05) is 31.7 Å². The third-order valence-corrected chi connectivity index (χ3v) is 6.28. The Labute approximate surface area is 162 Å². The Morgan fingerprint density at radius 3 is 2.57 bits per heavy atom. The van der Waals surface area contributed by atoms with E-state index in [2.05, 4.69) is 14.8 Å². The van der Waals surface area contributed by atoms with Crippen LogP contribution < -0.4 is 4.72 Å². The van der Waals surface area contributed by atoms with E-state index in [-0.39, 0.29) is 10.9 Å². The van der Waals surface area contributed by atoms with Crippen LogP contribution in [0.2, 0.25) is 0 Å². The summed E-state index contributed by atoms with van der Waals surface area (Å²) in [5, 5.41) is 4.07. The summed E-state index contributed by atoms with van der Waals surface area (Å²) in [4.78, 5) is 2.27. The molecule has 3 heterocycles. The molecule has 0 bridgehead atoms. The molecule has 0 spiro atoms. The Kier molecular flexibility index (Phi) is 5.29. The lowest BCUT2D eigenvalue weighted by molar-refractivity contribution is 0.195. The molecule has 3 aromatic rings. The highest BCUT2D eigenvalue weighted by molar-refractivity contribution is 7.89. The second-order valence-electron chi connectivity index (χ2n) is 6.79. The second-order valence-corrected chi connectivity index (χ2v) is 8.50. The molecule has 0 atom stereocenters. The van der Waals surface area contributed by atoms with Gasteiger partial charge in [0.25, 0.3) is 0 Å². The van der Waals surface area contributed by atoms with E-state index in [4.69, 9.17) is 8.94 Å². The summed E-state index contributed by atoms with van der Waals surface area (Å²) in [7, 11) is -3.65. The smallest absolute Gasteiger partial charge is 0.240 e. The molecule has 9 heteroatoms. The van der Waals surface area contributed by atoms with Crippen LogP contribution in [0.15, 0.2) is 62.6 Å². The molecule has 0 radical (unpaired) electrons. The molecule has 0 amide bonds. The standard InChI is InChI=1S/C19H20FN3O4S/c20-14-3-5-17(6-4-14)28(24,25)22-15-7-9-23(10-8-15)13-16-12-19(27-21-16)18-2-1-11-26-18/h1-6,11-12,15,22H,7-10,13H2. The first-order valence-electron chi connectivity index (χ1n) is 8.99. The number of hydrogen-bond acceptors (Lipinski definition) is 6. The quantitative estimate of drug-likeness (QED) is 0.678. The molecule has 1 N–H and O–H groups in total. The molecule has 1 fully saturated rings. The van der Waals surface area contributed by atoms with Crippen LogP contribution in [0.3, 0.4) is 0 Å². The van der Waals surface area contributed by atoms with E-state index in [0.29, 0.717) is 30.9 Å². The molecule has 0 saturated carbocycles. The summed E-state index contributed by atoms with van der Waals surface area (Å²) in [5.74, 6) is 0.755. The second kappa shape index (κ2) is 7.86. The van der Waals surface area contributed by atoms with E-state index in [1.165, 1.54) is 12.1 Å². The Bertz CT molecular complexity index is 1010. The van der Waals surface area contributed by atoms with Crippen molar-refractivity contribution in [2.24, 2.45) is 0 Å². The fourth-order valence-corrected chi connectivity index (χ4v) is 4.57. The molecular formula is C19H20FN3O4S. The van der Waals surface area contributed by atoms with Crippen LogP contribution in [-0.2, 0) is 16.6 Å². The zero-order chi connectivity index (χ0) is 19.6. The number of sulfonamides is 1. The van der Waals surface area contributed by atoms with Gasteiger partial charge in [-0.15, -0.1) is 0 Å². The number of likely N-dealkylation sites (tertiary alicyclic amines) is 1. The van der Waals surface area contributed by atoms with Gasteiger partial charge in [-0.2, -0.15) is 0 Å². The minimum absolute atomic E-state index is 0.0735. The van der Waals surface area contributed by atoms with Crippen molar-refractivity contribution in [2.45, 2.75) is 30.3 Å². The molecule has 1 saturated heterocycles. The maximum Gasteiger partial charge on any atom is 0.240 e. The van der Waals surface area contributed by atoms with Crippen molar-refractivity contribution < 1.29 is 21.7 Å². The molecule has 7 nitrogen and oxygen atoms in total. The summed E-state index contributed by atoms with van der Waals surface area (Å²) >= 11 is 0. The molecule has 148 valence electrons. The van der Waals surface area contributed by atoms with Crippen LogP contribution in [0, 0.1) is 5.82 Å². The molecule has 0 aliphatic carbocycles. The predicted octanol–water partition coefficient (Wildman–Crippen LogP) is 3.02. The van der Waals surface area contributed by atoms with Gasteiger partial charge >= 0.3 is 0 Å². The topological polar surface area (TPSA) is 88.6 Å². The number of aromatic nitrogens is 1. The number of furan rings is 1. The normalized spacial score (nSPS) is 16.5. The maximum atomic E-state index is 13.0. The van der Waals surface area contributed by atoms with E-state index in [1.807, 2.05) is 12.1 Å². The lowest BCUT2D eigenvalue weighted by Crippen LogP contribution is -2.44. The fourth-order valence-electron chi connectivity index (χ4n) is 3.26. The fraction of sp³-hybridized carbons (Fsp3) is 0.316. The van der Waals surface area contributed by atoms with Gasteiger partial charge in [0.05, 0.1) is 16.9 Å². The zero-order valence-corrected chi connectivity index (χ0v) is 15.9. The average Bonchev–Trinajstić information content (AvgIpc) is 3.35. The average molecular weight is 405 g/mol. The number of nitrogens with zero attached hydrogens (tertiary/aromatic N) is 2. The van der Waals surface area contributed by atoms with Crippen LogP contribution >= 0.6 is 0 Å². The van der Waals surface area contributed by atoms with E-state index < -0.39 is 15.8 Å². The Balaban J connectivity index is 1.30. The lowest BCUT2D eigenvalue weighted by Gasteiger charge is -2.31. The van der Waals surface area contributed by atoms with Crippen LogP contribution in [0.1, 0.15) is 18.5 Å². The van der Waals surface area contributed by atoms with Gasteiger partial charge in [0.15, 0.2) is 5.76 Å². The highest BCUT2D eigenvalue weighted by atomic mass is 32.2. The molecule has 1 aliphatic rings. The van der Waals surface area contributed by atoms with E-state index in [9.17, 15) is 12.8 Å². The minimum atomic E-state index is -3.65. The zero-order valence-electron chi connectivity index (χ0n) is 15.0. The maximum absolute atomic E-state index is 13.0.